The summed E-state index contributed by atoms with van der Waals surface area (Å²) in [5.74, 6) is -1.67. The van der Waals surface area contributed by atoms with Crippen molar-refractivity contribution in [3.8, 4) is 5.88 Å². The minimum atomic E-state index is -0.985. The SMILES string of the molecule is COC(=O)CCOc1nc(F)c(Cl)c(N)c1Cl. The van der Waals surface area contributed by atoms with Crippen molar-refractivity contribution in [2.24, 2.45) is 0 Å². The number of nitrogens with two attached hydrogens (primary N) is 1. The first-order chi connectivity index (χ1) is 7.97. The van der Waals surface area contributed by atoms with Gasteiger partial charge in [-0.05, 0) is 0 Å². The van der Waals surface area contributed by atoms with Gasteiger partial charge in [-0.3, -0.25) is 4.79 Å². The van der Waals surface area contributed by atoms with Gasteiger partial charge in [-0.25, -0.2) is 0 Å². The maximum Gasteiger partial charge on any atom is 0.308 e. The van der Waals surface area contributed by atoms with E-state index in [1.54, 1.807) is 0 Å². The van der Waals surface area contributed by atoms with Crippen LogP contribution in [0.2, 0.25) is 10.0 Å². The summed E-state index contributed by atoms with van der Waals surface area (Å²) in [6.07, 6.45) is -0.0152. The van der Waals surface area contributed by atoms with E-state index in [4.69, 9.17) is 33.7 Å². The molecular formula is C9H9Cl2FN2O3. The molecule has 0 saturated carbocycles. The summed E-state index contributed by atoms with van der Waals surface area (Å²) in [6, 6.07) is 0. The molecule has 0 amide bonds. The van der Waals surface area contributed by atoms with Crippen molar-refractivity contribution in [2.75, 3.05) is 19.5 Å². The van der Waals surface area contributed by atoms with Gasteiger partial charge in [0.05, 0.1) is 19.2 Å². The molecule has 8 heteroatoms. The lowest BCUT2D eigenvalue weighted by atomic mass is 10.4. The Hall–Kier alpha value is -1.27. The predicted octanol–water partition coefficient (Wildman–Crippen LogP) is 2.05. The number of carbonyl (C=O) groups excluding carboxylic acids is 1. The molecule has 1 rings (SSSR count). The maximum atomic E-state index is 13.1. The number of rotatable bonds is 4. The van der Waals surface area contributed by atoms with Gasteiger partial charge in [0.15, 0.2) is 0 Å². The highest BCUT2D eigenvalue weighted by molar-refractivity contribution is 6.39. The van der Waals surface area contributed by atoms with Crippen molar-refractivity contribution < 1.29 is 18.7 Å². The van der Waals surface area contributed by atoms with Crippen LogP contribution in [-0.4, -0.2) is 24.7 Å². The Morgan fingerprint density at radius 1 is 1.47 bits per heavy atom. The third-order valence-electron chi connectivity index (χ3n) is 1.81. The second-order valence-electron chi connectivity index (χ2n) is 2.92. The van der Waals surface area contributed by atoms with Crippen LogP contribution in [-0.2, 0) is 9.53 Å². The minimum absolute atomic E-state index is 0.0152. The second kappa shape index (κ2) is 5.88. The molecule has 1 aromatic heterocycles. The van der Waals surface area contributed by atoms with Crippen molar-refractivity contribution in [1.82, 2.24) is 4.98 Å². The molecule has 5 nitrogen and oxygen atoms in total. The van der Waals surface area contributed by atoms with Crippen LogP contribution < -0.4 is 10.5 Å². The van der Waals surface area contributed by atoms with Gasteiger partial charge in [-0.2, -0.15) is 9.37 Å². The first-order valence-corrected chi connectivity index (χ1v) is 5.22. The number of aromatic nitrogens is 1. The van der Waals surface area contributed by atoms with E-state index in [9.17, 15) is 9.18 Å². The molecule has 0 fully saturated rings. The van der Waals surface area contributed by atoms with Gasteiger partial charge in [0, 0.05) is 0 Å². The van der Waals surface area contributed by atoms with Crippen molar-refractivity contribution in [2.45, 2.75) is 6.42 Å². The fraction of sp³-hybridized carbons (Fsp3) is 0.333. The van der Waals surface area contributed by atoms with Gasteiger partial charge in [0.25, 0.3) is 0 Å². The number of carbonyl (C=O) groups is 1. The van der Waals surface area contributed by atoms with Crippen LogP contribution in [0, 0.1) is 5.95 Å². The maximum absolute atomic E-state index is 13.1. The van der Waals surface area contributed by atoms with Crippen molar-refractivity contribution >= 4 is 34.9 Å². The van der Waals surface area contributed by atoms with Gasteiger partial charge in [0.2, 0.25) is 11.8 Å². The summed E-state index contributed by atoms with van der Waals surface area (Å²) in [5, 5.41) is -0.461. The van der Waals surface area contributed by atoms with Crippen LogP contribution in [0.5, 0.6) is 5.88 Å². The molecule has 1 aromatic rings. The average molecular weight is 283 g/mol. The van der Waals surface area contributed by atoms with Crippen molar-refractivity contribution in [3.63, 3.8) is 0 Å². The van der Waals surface area contributed by atoms with E-state index in [0.29, 0.717) is 0 Å². The van der Waals surface area contributed by atoms with Crippen LogP contribution in [0.4, 0.5) is 10.1 Å². The van der Waals surface area contributed by atoms with E-state index in [0.717, 1.165) is 0 Å². The van der Waals surface area contributed by atoms with Gasteiger partial charge in [-0.15, -0.1) is 0 Å². The molecule has 0 aliphatic carbocycles. The van der Waals surface area contributed by atoms with E-state index in [2.05, 4.69) is 9.72 Å². The fourth-order valence-corrected chi connectivity index (χ4v) is 1.32. The summed E-state index contributed by atoms with van der Waals surface area (Å²) in [7, 11) is 1.24. The number of halogens is 3. The second-order valence-corrected chi connectivity index (χ2v) is 3.68. The molecule has 94 valence electrons. The topological polar surface area (TPSA) is 74.4 Å². The number of nitrogen functional groups attached to an aromatic ring is 1. The van der Waals surface area contributed by atoms with Crippen LogP contribution in [0.3, 0.4) is 0 Å². The van der Waals surface area contributed by atoms with E-state index in [1.165, 1.54) is 7.11 Å². The van der Waals surface area contributed by atoms with Crippen molar-refractivity contribution in [1.29, 1.82) is 0 Å². The zero-order chi connectivity index (χ0) is 13.0. The Kier molecular flexibility index (Phi) is 4.77. The normalized spacial score (nSPS) is 10.1. The zero-order valence-corrected chi connectivity index (χ0v) is 10.3. The van der Waals surface area contributed by atoms with Crippen LogP contribution >= 0.6 is 23.2 Å². The fourth-order valence-electron chi connectivity index (χ4n) is 0.939. The highest BCUT2D eigenvalue weighted by Crippen LogP contribution is 2.35. The zero-order valence-electron chi connectivity index (χ0n) is 8.80. The summed E-state index contributed by atoms with van der Waals surface area (Å²) in [4.78, 5) is 14.2. The first kappa shape index (κ1) is 13.8. The highest BCUT2D eigenvalue weighted by atomic mass is 35.5. The number of esters is 1. The number of pyridine rings is 1. The number of hydrogen-bond acceptors (Lipinski definition) is 5. The number of hydrogen-bond donors (Lipinski definition) is 1. The Balaban J connectivity index is 2.75. The minimum Gasteiger partial charge on any atom is -0.476 e. The molecule has 1 heterocycles. The lowest BCUT2D eigenvalue weighted by Gasteiger charge is -2.09. The molecule has 17 heavy (non-hydrogen) atoms. The molecule has 0 aliphatic heterocycles. The average Bonchev–Trinajstić information content (AvgIpc) is 2.32. The summed E-state index contributed by atoms with van der Waals surface area (Å²) < 4.78 is 22.5. The number of ether oxygens (including phenoxy) is 2. The standard InChI is InChI=1S/C9H9Cl2FN2O3/c1-16-4(15)2-3-17-9-6(11)7(13)5(10)8(12)14-9/h2-3H2,1H3,(H2,13,14). The predicted molar refractivity (Wildman–Crippen MR) is 60.8 cm³/mol. The molecule has 0 spiro atoms. The molecule has 0 saturated heterocycles. The van der Waals surface area contributed by atoms with E-state index >= 15 is 0 Å². The molecule has 0 radical (unpaired) electrons. The number of methoxy groups -OCH3 is 1. The van der Waals surface area contributed by atoms with E-state index in [1.807, 2.05) is 0 Å². The Labute approximate surface area is 107 Å². The molecule has 0 atom stereocenters. The molecule has 0 aliphatic rings. The monoisotopic (exact) mass is 282 g/mol. The molecule has 0 aromatic carbocycles. The molecule has 2 N–H and O–H groups in total. The lowest BCUT2D eigenvalue weighted by molar-refractivity contribution is -0.141. The molecule has 0 bridgehead atoms. The van der Waals surface area contributed by atoms with E-state index < -0.39 is 11.9 Å². The lowest BCUT2D eigenvalue weighted by Crippen LogP contribution is -2.09. The summed E-state index contributed by atoms with van der Waals surface area (Å²) >= 11 is 11.2. The third kappa shape index (κ3) is 3.34. The number of anilines is 1. The van der Waals surface area contributed by atoms with Gasteiger partial charge in [0.1, 0.15) is 16.7 Å². The third-order valence-corrected chi connectivity index (χ3v) is 2.54. The van der Waals surface area contributed by atoms with Gasteiger partial charge < -0.3 is 15.2 Å². The quantitative estimate of drug-likeness (QED) is 0.676. The van der Waals surface area contributed by atoms with Crippen LogP contribution in [0.25, 0.3) is 0 Å². The Bertz CT molecular complexity index is 443. The van der Waals surface area contributed by atoms with Gasteiger partial charge in [-0.1, -0.05) is 23.2 Å². The Morgan fingerprint density at radius 2 is 2.12 bits per heavy atom. The van der Waals surface area contributed by atoms with Crippen LogP contribution in [0.1, 0.15) is 6.42 Å². The first-order valence-electron chi connectivity index (χ1n) is 4.47. The largest absolute Gasteiger partial charge is 0.476 e. The van der Waals surface area contributed by atoms with Gasteiger partial charge >= 0.3 is 5.97 Å². The summed E-state index contributed by atoms with van der Waals surface area (Å²) in [5.41, 5.74) is 5.27. The Morgan fingerprint density at radius 3 is 2.71 bits per heavy atom. The molecule has 0 unspecified atom stereocenters. The summed E-state index contributed by atoms with van der Waals surface area (Å²) in [6.45, 7) is -0.0556. The van der Waals surface area contributed by atoms with Crippen LogP contribution in [0.15, 0.2) is 0 Å². The number of nitrogens with zero attached hydrogens (tertiary/aromatic N) is 1. The van der Waals surface area contributed by atoms with E-state index in [-0.39, 0.29) is 34.6 Å². The smallest absolute Gasteiger partial charge is 0.308 e. The highest BCUT2D eigenvalue weighted by Gasteiger charge is 2.16. The molecular weight excluding hydrogens is 274 g/mol. The van der Waals surface area contributed by atoms with Crippen molar-refractivity contribution in [3.05, 3.63) is 16.0 Å².